The van der Waals surface area contributed by atoms with Gasteiger partial charge in [-0.25, -0.2) is 14.8 Å². The van der Waals surface area contributed by atoms with Gasteiger partial charge in [0.05, 0.1) is 12.2 Å². The minimum Gasteiger partial charge on any atom is -0.311 e. The van der Waals surface area contributed by atoms with Crippen molar-refractivity contribution in [1.29, 1.82) is 0 Å². The normalized spacial score (nSPS) is 11.3. The maximum atomic E-state index is 12.3. The van der Waals surface area contributed by atoms with Crippen molar-refractivity contribution >= 4 is 5.78 Å². The fraction of sp³-hybridized carbons (Fsp3) is 0.417. The molecule has 33 heavy (non-hydrogen) atoms. The first-order chi connectivity index (χ1) is 16.0. The van der Waals surface area contributed by atoms with E-state index in [0.717, 1.165) is 59.7 Å². The molecule has 9 heteroatoms. The Hall–Kier alpha value is -3.62. The fourth-order valence-electron chi connectivity index (χ4n) is 4.09. The molecular formula is C24H30N8O. The Morgan fingerprint density at radius 1 is 1.09 bits per heavy atom. The Bertz CT molecular complexity index is 1220. The highest BCUT2D eigenvalue weighted by atomic mass is 16.1. The molecule has 0 amide bonds. The Morgan fingerprint density at radius 3 is 2.55 bits per heavy atom. The minimum atomic E-state index is 0.0113. The number of nitrogens with one attached hydrogen (secondary N) is 1. The van der Waals surface area contributed by atoms with Crippen LogP contribution in [-0.4, -0.2) is 45.7 Å². The van der Waals surface area contributed by atoms with Gasteiger partial charge in [0.1, 0.15) is 5.82 Å². The number of unbranched alkanes of at least 4 members (excludes halogenated alkanes) is 1. The van der Waals surface area contributed by atoms with E-state index in [1.165, 1.54) is 0 Å². The monoisotopic (exact) mass is 446 g/mol. The zero-order chi connectivity index (χ0) is 23.4. The van der Waals surface area contributed by atoms with Gasteiger partial charge in [-0.15, -0.1) is 10.2 Å². The maximum absolute atomic E-state index is 12.3. The molecule has 9 nitrogen and oxygen atoms in total. The molecule has 0 aliphatic carbocycles. The lowest BCUT2D eigenvalue weighted by Gasteiger charge is -2.12. The van der Waals surface area contributed by atoms with Crippen molar-refractivity contribution in [2.45, 2.75) is 66.3 Å². The van der Waals surface area contributed by atoms with E-state index in [2.05, 4.69) is 86.4 Å². The van der Waals surface area contributed by atoms with E-state index < -0.39 is 0 Å². The highest BCUT2D eigenvalue weighted by Gasteiger charge is 2.18. The SMILES string of the molecule is CCCCc1nc(C(=O)CCC)nn1Cc1ccc(-n2c(C)cc(C)c2-c2nnn[nH]2)cc1. The summed E-state index contributed by atoms with van der Waals surface area (Å²) >= 11 is 0. The number of hydrogen-bond donors (Lipinski definition) is 1. The smallest absolute Gasteiger partial charge is 0.217 e. The summed E-state index contributed by atoms with van der Waals surface area (Å²) in [6.07, 6.45) is 4.18. The fourth-order valence-corrected chi connectivity index (χ4v) is 4.09. The zero-order valence-electron chi connectivity index (χ0n) is 19.7. The molecule has 0 fully saturated rings. The van der Waals surface area contributed by atoms with Gasteiger partial charge in [0, 0.05) is 24.2 Å². The van der Waals surface area contributed by atoms with Crippen molar-refractivity contribution in [3.63, 3.8) is 0 Å². The number of hydrogen-bond acceptors (Lipinski definition) is 6. The number of tetrazole rings is 1. The second-order valence-electron chi connectivity index (χ2n) is 8.36. The average molecular weight is 447 g/mol. The molecule has 1 N–H and O–H groups in total. The number of carbonyl (C=O) groups excluding carboxylic acids is 1. The second kappa shape index (κ2) is 9.89. The van der Waals surface area contributed by atoms with E-state index in [0.29, 0.717) is 24.6 Å². The minimum absolute atomic E-state index is 0.0113. The van der Waals surface area contributed by atoms with E-state index in [-0.39, 0.29) is 5.78 Å². The lowest BCUT2D eigenvalue weighted by molar-refractivity contribution is 0.0971. The van der Waals surface area contributed by atoms with Crippen LogP contribution in [0.15, 0.2) is 30.3 Å². The number of nitrogens with zero attached hydrogens (tertiary/aromatic N) is 7. The molecule has 4 rings (SSSR count). The summed E-state index contributed by atoms with van der Waals surface area (Å²) in [5.74, 6) is 1.86. The molecule has 172 valence electrons. The lowest BCUT2D eigenvalue weighted by atomic mass is 10.2. The van der Waals surface area contributed by atoms with Gasteiger partial charge in [-0.3, -0.25) is 4.79 Å². The van der Waals surface area contributed by atoms with Crippen LogP contribution in [0.3, 0.4) is 0 Å². The molecule has 3 heterocycles. The van der Waals surface area contributed by atoms with Gasteiger partial charge in [-0.2, -0.15) is 0 Å². The number of benzene rings is 1. The molecule has 3 aromatic heterocycles. The van der Waals surface area contributed by atoms with Crippen molar-refractivity contribution in [3.8, 4) is 17.2 Å². The standard InChI is InChI=1S/C24H30N8O/c1-5-7-9-21-25-23(20(33)8-6-2)28-31(21)15-18-10-12-19(13-11-18)32-17(4)14-16(3)22(32)24-26-29-30-27-24/h10-14H,5-9,15H2,1-4H3,(H,26,27,29,30). The molecular weight excluding hydrogens is 416 g/mol. The molecule has 0 bridgehead atoms. The van der Waals surface area contributed by atoms with Gasteiger partial charge >= 0.3 is 0 Å². The summed E-state index contributed by atoms with van der Waals surface area (Å²) in [5, 5.41) is 19.0. The summed E-state index contributed by atoms with van der Waals surface area (Å²) < 4.78 is 4.02. The molecule has 0 unspecified atom stereocenters. The van der Waals surface area contributed by atoms with Crippen LogP contribution < -0.4 is 0 Å². The molecule has 0 saturated carbocycles. The Balaban J connectivity index is 1.61. The summed E-state index contributed by atoms with van der Waals surface area (Å²) in [6.45, 7) is 8.84. The summed E-state index contributed by atoms with van der Waals surface area (Å²) in [5.41, 5.74) is 5.27. The quantitative estimate of drug-likeness (QED) is 0.365. The summed E-state index contributed by atoms with van der Waals surface area (Å²) in [7, 11) is 0. The van der Waals surface area contributed by atoms with Crippen molar-refractivity contribution < 1.29 is 4.79 Å². The number of ketones is 1. The number of H-pyrrole nitrogens is 1. The van der Waals surface area contributed by atoms with E-state index in [4.69, 9.17) is 0 Å². The number of aryl methyl sites for hydroxylation is 3. The number of Topliss-reactive ketones (excluding diaryl/α,β-unsaturated/α-hetero) is 1. The number of aromatic amines is 1. The Morgan fingerprint density at radius 2 is 1.88 bits per heavy atom. The molecule has 0 saturated heterocycles. The molecule has 0 aliphatic heterocycles. The maximum Gasteiger partial charge on any atom is 0.217 e. The predicted molar refractivity (Wildman–Crippen MR) is 125 cm³/mol. The van der Waals surface area contributed by atoms with Crippen LogP contribution in [-0.2, 0) is 13.0 Å². The van der Waals surface area contributed by atoms with Gasteiger partial charge in [0.2, 0.25) is 11.6 Å². The molecule has 4 aromatic rings. The van der Waals surface area contributed by atoms with Gasteiger partial charge in [0.25, 0.3) is 0 Å². The van der Waals surface area contributed by atoms with Crippen LogP contribution in [0.2, 0.25) is 0 Å². The van der Waals surface area contributed by atoms with E-state index in [1.807, 2.05) is 11.6 Å². The first-order valence-electron chi connectivity index (χ1n) is 11.5. The van der Waals surface area contributed by atoms with E-state index in [1.54, 1.807) is 0 Å². The third kappa shape index (κ3) is 4.76. The lowest BCUT2D eigenvalue weighted by Crippen LogP contribution is -2.08. The molecule has 1 aromatic carbocycles. The van der Waals surface area contributed by atoms with Crippen LogP contribution in [0.25, 0.3) is 17.2 Å². The molecule has 0 atom stereocenters. The average Bonchev–Trinajstić information content (AvgIpc) is 3.52. The van der Waals surface area contributed by atoms with Crippen molar-refractivity contribution in [2.75, 3.05) is 0 Å². The summed E-state index contributed by atoms with van der Waals surface area (Å²) in [6, 6.07) is 10.5. The third-order valence-electron chi connectivity index (χ3n) is 5.70. The van der Waals surface area contributed by atoms with Crippen LogP contribution in [0.5, 0.6) is 0 Å². The first-order valence-corrected chi connectivity index (χ1v) is 11.5. The van der Waals surface area contributed by atoms with Gasteiger partial charge in [-0.05, 0) is 66.4 Å². The third-order valence-corrected chi connectivity index (χ3v) is 5.70. The molecule has 0 spiro atoms. The van der Waals surface area contributed by atoms with Gasteiger partial charge in [0.15, 0.2) is 5.82 Å². The van der Waals surface area contributed by atoms with Crippen LogP contribution in [0, 0.1) is 13.8 Å². The summed E-state index contributed by atoms with van der Waals surface area (Å²) in [4.78, 5) is 16.9. The van der Waals surface area contributed by atoms with Crippen LogP contribution in [0.1, 0.15) is 72.8 Å². The van der Waals surface area contributed by atoms with Crippen LogP contribution >= 0.6 is 0 Å². The number of carbonyl (C=O) groups is 1. The topological polar surface area (TPSA) is 107 Å². The zero-order valence-corrected chi connectivity index (χ0v) is 19.7. The van der Waals surface area contributed by atoms with Crippen LogP contribution in [0.4, 0.5) is 0 Å². The second-order valence-corrected chi connectivity index (χ2v) is 8.36. The number of aromatic nitrogens is 8. The first kappa shape index (κ1) is 22.6. The largest absolute Gasteiger partial charge is 0.311 e. The van der Waals surface area contributed by atoms with Gasteiger partial charge < -0.3 is 4.57 Å². The van der Waals surface area contributed by atoms with Crippen molar-refractivity contribution in [3.05, 3.63) is 58.8 Å². The number of rotatable bonds is 10. The van der Waals surface area contributed by atoms with E-state index in [9.17, 15) is 4.79 Å². The van der Waals surface area contributed by atoms with Crippen molar-refractivity contribution in [1.82, 2.24) is 40.0 Å². The Kier molecular flexibility index (Phi) is 6.76. The Labute approximate surface area is 193 Å². The van der Waals surface area contributed by atoms with Gasteiger partial charge in [-0.1, -0.05) is 32.4 Å². The predicted octanol–water partition coefficient (Wildman–Crippen LogP) is 4.24. The van der Waals surface area contributed by atoms with Crippen molar-refractivity contribution in [2.24, 2.45) is 0 Å². The highest BCUT2D eigenvalue weighted by molar-refractivity contribution is 5.92. The molecule has 0 aliphatic rings. The molecule has 0 radical (unpaired) electrons. The highest BCUT2D eigenvalue weighted by Crippen LogP contribution is 2.27. The van der Waals surface area contributed by atoms with E-state index >= 15 is 0 Å².